The van der Waals surface area contributed by atoms with Crippen LogP contribution in [0.25, 0.3) is 16.8 Å². The minimum absolute atomic E-state index is 0.168. The fourth-order valence-electron chi connectivity index (χ4n) is 3.67. The lowest BCUT2D eigenvalue weighted by Gasteiger charge is -2.11. The number of H-pyrrole nitrogens is 1. The molecule has 0 fully saturated rings. The lowest BCUT2D eigenvalue weighted by atomic mass is 10.0. The summed E-state index contributed by atoms with van der Waals surface area (Å²) in [5.74, 6) is -0.587. The number of carbonyl (C=O) groups is 1. The highest BCUT2D eigenvalue weighted by molar-refractivity contribution is 5.90. The van der Waals surface area contributed by atoms with E-state index in [0.717, 1.165) is 16.8 Å². The van der Waals surface area contributed by atoms with Crippen LogP contribution < -0.4 is 10.3 Å². The minimum Gasteiger partial charge on any atom is -0.494 e. The molecule has 3 aromatic carbocycles. The summed E-state index contributed by atoms with van der Waals surface area (Å²) >= 11 is 0. The summed E-state index contributed by atoms with van der Waals surface area (Å²) in [6, 6.07) is 17.6. The summed E-state index contributed by atoms with van der Waals surface area (Å²) in [5, 5.41) is 20.9. The summed E-state index contributed by atoms with van der Waals surface area (Å²) in [5.41, 5.74) is 5.32. The van der Waals surface area contributed by atoms with Gasteiger partial charge in [0, 0.05) is 5.56 Å². The smallest absolute Gasteiger partial charge is 0.335 e. The van der Waals surface area contributed by atoms with Crippen molar-refractivity contribution in [2.24, 2.45) is 10.2 Å². The highest BCUT2D eigenvalue weighted by Gasteiger charge is 2.15. The molecule has 0 saturated carbocycles. The maximum Gasteiger partial charge on any atom is 0.335 e. The predicted octanol–water partition coefficient (Wildman–Crippen LogP) is 5.88. The number of aromatic carboxylic acids is 1. The second-order valence-electron chi connectivity index (χ2n) is 7.94. The Bertz CT molecular complexity index is 1480. The fraction of sp³-hybridized carbons (Fsp3) is 0.154. The van der Waals surface area contributed by atoms with Crippen LogP contribution in [-0.2, 0) is 0 Å². The van der Waals surface area contributed by atoms with E-state index in [-0.39, 0.29) is 16.8 Å². The van der Waals surface area contributed by atoms with Gasteiger partial charge in [0.1, 0.15) is 5.69 Å². The average Bonchev–Trinajstić information content (AvgIpc) is 3.12. The molecule has 0 aliphatic rings. The van der Waals surface area contributed by atoms with E-state index in [4.69, 9.17) is 4.74 Å². The van der Waals surface area contributed by atoms with Crippen LogP contribution in [0.2, 0.25) is 0 Å². The number of hydrogen-bond donors (Lipinski definition) is 2. The van der Waals surface area contributed by atoms with Crippen molar-refractivity contribution >= 4 is 17.3 Å². The number of aromatic amines is 1. The van der Waals surface area contributed by atoms with E-state index >= 15 is 0 Å². The lowest BCUT2D eigenvalue weighted by Crippen LogP contribution is -2.14. The number of benzene rings is 3. The zero-order chi connectivity index (χ0) is 24.4. The predicted molar refractivity (Wildman–Crippen MR) is 130 cm³/mol. The maximum absolute atomic E-state index is 13.0. The number of rotatable bonds is 6. The van der Waals surface area contributed by atoms with E-state index in [2.05, 4.69) is 15.3 Å². The monoisotopic (exact) mass is 456 g/mol. The molecule has 0 bridgehead atoms. The van der Waals surface area contributed by atoms with Gasteiger partial charge in [-0.2, -0.15) is 0 Å². The number of azo groups is 1. The van der Waals surface area contributed by atoms with Crippen LogP contribution in [0.5, 0.6) is 5.75 Å². The topological polar surface area (TPSA) is 109 Å². The van der Waals surface area contributed by atoms with E-state index in [1.165, 1.54) is 17.9 Å². The third-order valence-corrected chi connectivity index (χ3v) is 5.67. The van der Waals surface area contributed by atoms with Gasteiger partial charge >= 0.3 is 5.97 Å². The quantitative estimate of drug-likeness (QED) is 0.353. The fourth-order valence-corrected chi connectivity index (χ4v) is 3.67. The Morgan fingerprint density at radius 3 is 2.44 bits per heavy atom. The van der Waals surface area contributed by atoms with Crippen LogP contribution >= 0.6 is 0 Å². The Morgan fingerprint density at radius 1 is 0.971 bits per heavy atom. The molecule has 8 heteroatoms. The Kier molecular flexibility index (Phi) is 6.14. The molecule has 8 nitrogen and oxygen atoms in total. The van der Waals surface area contributed by atoms with Crippen molar-refractivity contribution < 1.29 is 14.6 Å². The van der Waals surface area contributed by atoms with Crippen molar-refractivity contribution in [1.82, 2.24) is 9.78 Å². The van der Waals surface area contributed by atoms with Crippen molar-refractivity contribution in [2.45, 2.75) is 20.8 Å². The molecule has 0 aliphatic heterocycles. The number of aryl methyl sites for hydroxylation is 3. The Labute approximate surface area is 196 Å². The van der Waals surface area contributed by atoms with Crippen LogP contribution in [0.4, 0.5) is 11.4 Å². The third kappa shape index (κ3) is 4.25. The number of para-hydroxylation sites is 1. The Balaban J connectivity index is 1.74. The van der Waals surface area contributed by atoms with Crippen LogP contribution in [0.15, 0.2) is 75.7 Å². The molecule has 0 aliphatic carbocycles. The van der Waals surface area contributed by atoms with Crippen molar-refractivity contribution in [1.29, 1.82) is 0 Å². The molecule has 0 unspecified atom stereocenters. The molecule has 2 N–H and O–H groups in total. The number of aromatic nitrogens is 2. The molecular weight excluding hydrogens is 432 g/mol. The number of hydrogen-bond acceptors (Lipinski definition) is 5. The molecular formula is C26H24N4O4. The van der Waals surface area contributed by atoms with Gasteiger partial charge in [0.2, 0.25) is 0 Å². The molecule has 0 radical (unpaired) electrons. The average molecular weight is 457 g/mol. The SMILES string of the molecule is COc1c(N=Nc2c(C)[nH]n(-c3ccc(C)c(C)c3)c2=O)cccc1-c1cccc(C(=O)O)c1. The number of carboxylic acid groups (broad SMARTS) is 1. The van der Waals surface area contributed by atoms with E-state index in [9.17, 15) is 14.7 Å². The number of ether oxygens (including phenoxy) is 1. The van der Waals surface area contributed by atoms with Gasteiger partial charge in [-0.15, -0.1) is 10.2 Å². The Hall–Kier alpha value is -4.46. The summed E-state index contributed by atoms with van der Waals surface area (Å²) in [6.45, 7) is 5.77. The van der Waals surface area contributed by atoms with Gasteiger partial charge in [0.25, 0.3) is 5.56 Å². The Morgan fingerprint density at radius 2 is 1.74 bits per heavy atom. The molecule has 4 rings (SSSR count). The summed E-state index contributed by atoms with van der Waals surface area (Å²) in [6.07, 6.45) is 0. The van der Waals surface area contributed by atoms with E-state index in [0.29, 0.717) is 28.3 Å². The van der Waals surface area contributed by atoms with Gasteiger partial charge in [-0.3, -0.25) is 9.89 Å². The number of nitrogens with zero attached hydrogens (tertiary/aromatic N) is 3. The van der Waals surface area contributed by atoms with E-state index in [1.54, 1.807) is 37.3 Å². The molecule has 0 amide bonds. The normalized spacial score (nSPS) is 11.2. The van der Waals surface area contributed by atoms with E-state index in [1.807, 2.05) is 38.1 Å². The summed E-state index contributed by atoms with van der Waals surface area (Å²) in [7, 11) is 1.51. The van der Waals surface area contributed by atoms with Crippen LogP contribution in [0.3, 0.4) is 0 Å². The number of carboxylic acids is 1. The molecule has 1 heterocycles. The van der Waals surface area contributed by atoms with Gasteiger partial charge in [0.15, 0.2) is 11.4 Å². The second-order valence-corrected chi connectivity index (χ2v) is 7.94. The first-order chi connectivity index (χ1) is 16.3. The van der Waals surface area contributed by atoms with Crippen LogP contribution in [0, 0.1) is 20.8 Å². The summed E-state index contributed by atoms with van der Waals surface area (Å²) < 4.78 is 7.03. The summed E-state index contributed by atoms with van der Waals surface area (Å²) in [4.78, 5) is 24.4. The molecule has 0 saturated heterocycles. The molecule has 0 atom stereocenters. The van der Waals surface area contributed by atoms with Gasteiger partial charge in [-0.05, 0) is 67.8 Å². The maximum atomic E-state index is 13.0. The largest absolute Gasteiger partial charge is 0.494 e. The highest BCUT2D eigenvalue weighted by atomic mass is 16.5. The van der Waals surface area contributed by atoms with Gasteiger partial charge < -0.3 is 9.84 Å². The molecule has 1 aromatic heterocycles. The van der Waals surface area contributed by atoms with E-state index < -0.39 is 5.97 Å². The molecule has 172 valence electrons. The van der Waals surface area contributed by atoms with Crippen molar-refractivity contribution in [3.63, 3.8) is 0 Å². The third-order valence-electron chi connectivity index (χ3n) is 5.67. The van der Waals surface area contributed by atoms with Gasteiger partial charge in [-0.25, -0.2) is 9.48 Å². The molecule has 4 aromatic rings. The number of methoxy groups -OCH3 is 1. The zero-order valence-corrected chi connectivity index (χ0v) is 19.3. The first-order valence-electron chi connectivity index (χ1n) is 10.6. The van der Waals surface area contributed by atoms with Gasteiger partial charge in [0.05, 0.1) is 24.1 Å². The minimum atomic E-state index is -1.01. The van der Waals surface area contributed by atoms with Crippen LogP contribution in [-0.4, -0.2) is 28.0 Å². The van der Waals surface area contributed by atoms with Crippen molar-refractivity contribution in [3.05, 3.63) is 93.4 Å². The first-order valence-corrected chi connectivity index (χ1v) is 10.6. The van der Waals surface area contributed by atoms with Crippen LogP contribution in [0.1, 0.15) is 27.2 Å². The zero-order valence-electron chi connectivity index (χ0n) is 19.3. The molecule has 0 spiro atoms. The number of nitrogens with one attached hydrogen (secondary N) is 1. The van der Waals surface area contributed by atoms with Gasteiger partial charge in [-0.1, -0.05) is 30.3 Å². The molecule has 34 heavy (non-hydrogen) atoms. The second kappa shape index (κ2) is 9.19. The lowest BCUT2D eigenvalue weighted by molar-refractivity contribution is 0.0697. The first kappa shape index (κ1) is 22.7. The van der Waals surface area contributed by atoms with Crippen molar-refractivity contribution in [3.8, 4) is 22.6 Å². The van der Waals surface area contributed by atoms with Crippen molar-refractivity contribution in [2.75, 3.05) is 7.11 Å². The highest BCUT2D eigenvalue weighted by Crippen LogP contribution is 2.39. The standard InChI is InChI=1S/C26H24N4O4/c1-15-11-12-20(13-16(15)2)30-25(31)23(17(3)29-30)28-27-22-10-6-9-21(24(22)34-4)18-7-5-8-19(14-18)26(32)33/h5-14,29H,1-4H3,(H,32,33).